The zero-order valence-corrected chi connectivity index (χ0v) is 17.2. The highest BCUT2D eigenvalue weighted by Gasteiger charge is 2.24. The summed E-state index contributed by atoms with van der Waals surface area (Å²) < 4.78 is 10.8. The van der Waals surface area contributed by atoms with Crippen LogP contribution in [0.5, 0.6) is 5.75 Å². The summed E-state index contributed by atoms with van der Waals surface area (Å²) in [6.07, 6.45) is 1.68. The van der Waals surface area contributed by atoms with Gasteiger partial charge in [-0.05, 0) is 30.9 Å². The van der Waals surface area contributed by atoms with Gasteiger partial charge in [-0.2, -0.15) is 0 Å². The summed E-state index contributed by atoms with van der Waals surface area (Å²) in [7, 11) is 0. The zero-order chi connectivity index (χ0) is 21.5. The molecular formula is C24H25N3O4. The maximum absolute atomic E-state index is 12.4. The van der Waals surface area contributed by atoms with E-state index in [1.165, 1.54) is 0 Å². The Hall–Kier alpha value is -3.61. The molecule has 0 unspecified atom stereocenters. The topological polar surface area (TPSA) is 84.7 Å². The van der Waals surface area contributed by atoms with E-state index in [-0.39, 0.29) is 24.1 Å². The molecule has 31 heavy (non-hydrogen) atoms. The Bertz CT molecular complexity index is 996. The molecule has 0 spiro atoms. The number of hydrogen-bond donors (Lipinski definition) is 1. The van der Waals surface area contributed by atoms with Crippen LogP contribution < -0.4 is 10.1 Å². The fraction of sp³-hybridized carbons (Fsp3) is 0.292. The van der Waals surface area contributed by atoms with E-state index in [0.29, 0.717) is 37.1 Å². The largest absolute Gasteiger partial charge is 0.484 e. The molecule has 3 aromatic rings. The first-order valence-electron chi connectivity index (χ1n) is 10.4. The summed E-state index contributed by atoms with van der Waals surface area (Å²) in [5.41, 5.74) is 1.15. The number of rotatable bonds is 7. The fourth-order valence-electron chi connectivity index (χ4n) is 3.59. The van der Waals surface area contributed by atoms with Crippen LogP contribution >= 0.6 is 0 Å². The van der Waals surface area contributed by atoms with E-state index in [4.69, 9.17) is 9.26 Å². The minimum atomic E-state index is -0.249. The first-order chi connectivity index (χ1) is 15.2. The number of benzene rings is 2. The lowest BCUT2D eigenvalue weighted by Gasteiger charge is -2.32. The second-order valence-corrected chi connectivity index (χ2v) is 7.58. The fourth-order valence-corrected chi connectivity index (χ4v) is 3.59. The lowest BCUT2D eigenvalue weighted by atomic mass is 9.96. The van der Waals surface area contributed by atoms with Crippen LogP contribution in [0.25, 0.3) is 11.3 Å². The van der Waals surface area contributed by atoms with Gasteiger partial charge in [0.25, 0.3) is 11.8 Å². The molecule has 1 aliphatic rings. The van der Waals surface area contributed by atoms with Crippen molar-refractivity contribution < 1.29 is 18.8 Å². The van der Waals surface area contributed by atoms with Crippen molar-refractivity contribution >= 4 is 11.8 Å². The average molecular weight is 419 g/mol. The minimum absolute atomic E-state index is 0.0117. The maximum atomic E-state index is 12.4. The van der Waals surface area contributed by atoms with E-state index in [2.05, 4.69) is 10.5 Å². The van der Waals surface area contributed by atoms with Crippen molar-refractivity contribution in [1.29, 1.82) is 0 Å². The van der Waals surface area contributed by atoms with Crippen molar-refractivity contribution in [1.82, 2.24) is 15.4 Å². The maximum Gasteiger partial charge on any atom is 0.273 e. The molecule has 0 atom stereocenters. The van der Waals surface area contributed by atoms with Crippen LogP contribution in [0.15, 0.2) is 71.3 Å². The third-order valence-corrected chi connectivity index (χ3v) is 5.43. The lowest BCUT2D eigenvalue weighted by molar-refractivity contribution is -0.134. The second kappa shape index (κ2) is 9.93. The van der Waals surface area contributed by atoms with Crippen LogP contribution in [0.4, 0.5) is 0 Å². The van der Waals surface area contributed by atoms with Gasteiger partial charge < -0.3 is 19.5 Å². The zero-order valence-electron chi connectivity index (χ0n) is 17.2. The van der Waals surface area contributed by atoms with Gasteiger partial charge in [0.15, 0.2) is 18.1 Å². The molecular weight excluding hydrogens is 394 g/mol. The van der Waals surface area contributed by atoms with E-state index in [9.17, 15) is 9.59 Å². The molecule has 0 saturated carbocycles. The van der Waals surface area contributed by atoms with Crippen LogP contribution in [0, 0.1) is 5.92 Å². The van der Waals surface area contributed by atoms with E-state index in [0.717, 1.165) is 18.4 Å². The summed E-state index contributed by atoms with van der Waals surface area (Å²) in [5, 5.41) is 6.82. The van der Waals surface area contributed by atoms with Crippen molar-refractivity contribution in [3.05, 3.63) is 72.4 Å². The van der Waals surface area contributed by atoms with Crippen LogP contribution in [-0.4, -0.2) is 48.1 Å². The Morgan fingerprint density at radius 2 is 1.71 bits per heavy atom. The Balaban J connectivity index is 1.19. The van der Waals surface area contributed by atoms with Crippen LogP contribution in [0.3, 0.4) is 0 Å². The molecule has 2 heterocycles. The third-order valence-electron chi connectivity index (χ3n) is 5.43. The molecule has 2 aromatic carbocycles. The van der Waals surface area contributed by atoms with Gasteiger partial charge in [0.2, 0.25) is 0 Å². The molecule has 1 aromatic heterocycles. The molecule has 0 bridgehead atoms. The number of amides is 2. The van der Waals surface area contributed by atoms with Crippen molar-refractivity contribution in [2.45, 2.75) is 12.8 Å². The molecule has 1 aliphatic heterocycles. The van der Waals surface area contributed by atoms with Crippen LogP contribution in [-0.2, 0) is 4.79 Å². The smallest absolute Gasteiger partial charge is 0.273 e. The number of nitrogens with zero attached hydrogens (tertiary/aromatic N) is 2. The first-order valence-corrected chi connectivity index (χ1v) is 10.4. The molecule has 160 valence electrons. The Labute approximate surface area is 181 Å². The molecule has 1 fully saturated rings. The number of hydrogen-bond acceptors (Lipinski definition) is 5. The van der Waals surface area contributed by atoms with Gasteiger partial charge >= 0.3 is 0 Å². The average Bonchev–Trinajstić information content (AvgIpc) is 3.33. The molecule has 2 amide bonds. The predicted molar refractivity (Wildman–Crippen MR) is 116 cm³/mol. The number of aromatic nitrogens is 1. The highest BCUT2D eigenvalue weighted by Crippen LogP contribution is 2.20. The molecule has 0 aliphatic carbocycles. The summed E-state index contributed by atoms with van der Waals surface area (Å²) in [6, 6.07) is 20.5. The van der Waals surface area contributed by atoms with Crippen molar-refractivity contribution in [3.63, 3.8) is 0 Å². The van der Waals surface area contributed by atoms with E-state index in [1.54, 1.807) is 6.07 Å². The van der Waals surface area contributed by atoms with E-state index >= 15 is 0 Å². The first kappa shape index (κ1) is 20.7. The SMILES string of the molecule is O=C(NCC1CCN(C(=O)COc2ccccc2)CC1)c1cc(-c2ccccc2)on1. The van der Waals surface area contributed by atoms with Crippen molar-refractivity contribution in [2.24, 2.45) is 5.92 Å². The van der Waals surface area contributed by atoms with Crippen molar-refractivity contribution in [2.75, 3.05) is 26.2 Å². The standard InChI is InChI=1S/C24H25N3O4/c28-23(17-30-20-9-5-2-6-10-20)27-13-11-18(12-14-27)16-25-24(29)21-15-22(31-26-21)19-7-3-1-4-8-19/h1-10,15,18H,11-14,16-17H2,(H,25,29). The lowest BCUT2D eigenvalue weighted by Crippen LogP contribution is -2.43. The van der Waals surface area contributed by atoms with Crippen LogP contribution in [0.2, 0.25) is 0 Å². The molecule has 4 rings (SSSR count). The van der Waals surface area contributed by atoms with Gasteiger partial charge in [-0.3, -0.25) is 9.59 Å². The van der Waals surface area contributed by atoms with Gasteiger partial charge in [-0.1, -0.05) is 53.7 Å². The monoisotopic (exact) mass is 419 g/mol. The Kier molecular flexibility index (Phi) is 6.62. The van der Waals surface area contributed by atoms with Gasteiger partial charge in [-0.15, -0.1) is 0 Å². The second-order valence-electron chi connectivity index (χ2n) is 7.58. The quantitative estimate of drug-likeness (QED) is 0.635. The summed E-state index contributed by atoms with van der Waals surface area (Å²) in [4.78, 5) is 26.6. The van der Waals surface area contributed by atoms with Crippen molar-refractivity contribution in [3.8, 4) is 17.1 Å². The Morgan fingerprint density at radius 3 is 2.42 bits per heavy atom. The molecule has 7 heteroatoms. The summed E-state index contributed by atoms with van der Waals surface area (Å²) in [5.74, 6) is 1.32. The van der Waals surface area contributed by atoms with Crippen LogP contribution in [0.1, 0.15) is 23.3 Å². The van der Waals surface area contributed by atoms with Gasteiger partial charge in [-0.25, -0.2) is 0 Å². The number of piperidine rings is 1. The number of nitrogens with one attached hydrogen (secondary N) is 1. The normalized spacial score (nSPS) is 14.3. The molecule has 1 saturated heterocycles. The number of carbonyl (C=O) groups is 2. The third kappa shape index (κ3) is 5.51. The van der Waals surface area contributed by atoms with Gasteiger partial charge in [0.1, 0.15) is 5.75 Å². The van der Waals surface area contributed by atoms with Gasteiger partial charge in [0, 0.05) is 31.3 Å². The van der Waals surface area contributed by atoms with Gasteiger partial charge in [0.05, 0.1) is 0 Å². The minimum Gasteiger partial charge on any atom is -0.484 e. The highest BCUT2D eigenvalue weighted by atomic mass is 16.5. The Morgan fingerprint density at radius 1 is 1.03 bits per heavy atom. The molecule has 0 radical (unpaired) electrons. The molecule has 7 nitrogen and oxygen atoms in total. The number of carbonyl (C=O) groups excluding carboxylic acids is 2. The predicted octanol–water partition coefficient (Wildman–Crippen LogP) is 3.39. The highest BCUT2D eigenvalue weighted by molar-refractivity contribution is 5.93. The van der Waals surface area contributed by atoms with E-state index in [1.807, 2.05) is 65.6 Å². The number of ether oxygens (including phenoxy) is 1. The summed E-state index contributed by atoms with van der Waals surface area (Å²) >= 11 is 0. The molecule has 1 N–H and O–H groups in total. The summed E-state index contributed by atoms with van der Waals surface area (Å²) in [6.45, 7) is 1.93. The number of likely N-dealkylation sites (tertiary alicyclic amines) is 1. The number of para-hydroxylation sites is 1. The van der Waals surface area contributed by atoms with E-state index < -0.39 is 0 Å².